The fourth-order valence-corrected chi connectivity index (χ4v) is 2.49. The lowest BCUT2D eigenvalue weighted by Gasteiger charge is -2.28. The molecule has 1 aliphatic rings. The van der Waals surface area contributed by atoms with Crippen LogP contribution in [0.25, 0.3) is 0 Å². The van der Waals surface area contributed by atoms with E-state index in [1.54, 1.807) is 0 Å². The predicted molar refractivity (Wildman–Crippen MR) is 69.3 cm³/mol. The van der Waals surface area contributed by atoms with Crippen molar-refractivity contribution in [3.8, 4) is 0 Å². The van der Waals surface area contributed by atoms with Crippen LogP contribution in [0.5, 0.6) is 0 Å². The van der Waals surface area contributed by atoms with Gasteiger partial charge in [-0.05, 0) is 29.9 Å². The Morgan fingerprint density at radius 3 is 2.81 bits per heavy atom. The molecule has 0 heterocycles. The molecule has 2 N–H and O–H groups in total. The van der Waals surface area contributed by atoms with Gasteiger partial charge in [-0.25, -0.2) is 0 Å². The quantitative estimate of drug-likeness (QED) is 0.797. The van der Waals surface area contributed by atoms with Gasteiger partial charge in [0.15, 0.2) is 0 Å². The van der Waals surface area contributed by atoms with Gasteiger partial charge in [0.1, 0.15) is 0 Å². The normalized spacial score (nSPS) is 18.1. The van der Waals surface area contributed by atoms with E-state index in [4.69, 9.17) is 5.73 Å². The number of aryl methyl sites for hydroxylation is 1. The third kappa shape index (κ3) is 2.85. The van der Waals surface area contributed by atoms with E-state index in [1.165, 1.54) is 49.7 Å². The maximum Gasteiger partial charge on any atom is 0.0297 e. The van der Waals surface area contributed by atoms with Gasteiger partial charge < -0.3 is 5.73 Å². The molecular weight excluding hydrogens is 194 g/mol. The molecule has 1 fully saturated rings. The zero-order chi connectivity index (χ0) is 11.4. The first-order valence-corrected chi connectivity index (χ1v) is 6.64. The van der Waals surface area contributed by atoms with E-state index < -0.39 is 0 Å². The number of benzene rings is 1. The topological polar surface area (TPSA) is 26.0 Å². The molecule has 88 valence electrons. The Morgan fingerprint density at radius 2 is 2.19 bits per heavy atom. The van der Waals surface area contributed by atoms with Crippen LogP contribution in [0, 0.1) is 5.92 Å². The number of nitrogens with two attached hydrogens (primary N) is 1. The van der Waals surface area contributed by atoms with Gasteiger partial charge in [-0.1, -0.05) is 56.9 Å². The SMILES string of the molecule is CCCc1cccc(C(N)CC2CCC2)c1. The number of hydrogen-bond acceptors (Lipinski definition) is 1. The Bertz CT molecular complexity index is 328. The van der Waals surface area contributed by atoms with Gasteiger partial charge in [0, 0.05) is 6.04 Å². The first-order chi connectivity index (χ1) is 7.79. The zero-order valence-corrected chi connectivity index (χ0v) is 10.3. The zero-order valence-electron chi connectivity index (χ0n) is 10.3. The maximum absolute atomic E-state index is 6.27. The van der Waals surface area contributed by atoms with E-state index in [9.17, 15) is 0 Å². The van der Waals surface area contributed by atoms with E-state index in [0.717, 1.165) is 5.92 Å². The standard InChI is InChI=1S/C15H23N/c1-2-5-12-8-4-9-14(10-12)15(16)11-13-6-3-7-13/h4,8-10,13,15H,2-3,5-7,11,16H2,1H3. The number of hydrogen-bond donors (Lipinski definition) is 1. The van der Waals surface area contributed by atoms with Crippen LogP contribution in [-0.2, 0) is 6.42 Å². The Morgan fingerprint density at radius 1 is 1.38 bits per heavy atom. The van der Waals surface area contributed by atoms with E-state index >= 15 is 0 Å². The Hall–Kier alpha value is -0.820. The second-order valence-electron chi connectivity index (χ2n) is 5.13. The van der Waals surface area contributed by atoms with Crippen molar-refractivity contribution < 1.29 is 0 Å². The van der Waals surface area contributed by atoms with Crippen molar-refractivity contribution in [2.75, 3.05) is 0 Å². The molecule has 0 saturated heterocycles. The molecule has 1 unspecified atom stereocenters. The molecule has 0 radical (unpaired) electrons. The van der Waals surface area contributed by atoms with Gasteiger partial charge in [0.2, 0.25) is 0 Å². The minimum Gasteiger partial charge on any atom is -0.324 e. The summed E-state index contributed by atoms with van der Waals surface area (Å²) >= 11 is 0. The molecule has 1 aromatic rings. The Labute approximate surface area is 99.0 Å². The molecule has 0 amide bonds. The third-order valence-electron chi connectivity index (χ3n) is 3.73. The van der Waals surface area contributed by atoms with Crippen molar-refractivity contribution in [1.82, 2.24) is 0 Å². The highest BCUT2D eigenvalue weighted by molar-refractivity contribution is 5.26. The van der Waals surface area contributed by atoms with Crippen LogP contribution in [-0.4, -0.2) is 0 Å². The van der Waals surface area contributed by atoms with Crippen LogP contribution < -0.4 is 5.73 Å². The molecule has 1 saturated carbocycles. The summed E-state index contributed by atoms with van der Waals surface area (Å²) in [5.41, 5.74) is 9.04. The molecule has 1 atom stereocenters. The summed E-state index contributed by atoms with van der Waals surface area (Å²) in [4.78, 5) is 0. The lowest BCUT2D eigenvalue weighted by molar-refractivity contribution is 0.277. The minimum absolute atomic E-state index is 0.252. The predicted octanol–water partition coefficient (Wildman–Crippen LogP) is 3.83. The van der Waals surface area contributed by atoms with E-state index in [2.05, 4.69) is 31.2 Å². The average Bonchev–Trinajstić information content (AvgIpc) is 2.24. The minimum atomic E-state index is 0.252. The van der Waals surface area contributed by atoms with Crippen LogP contribution in [0.3, 0.4) is 0 Å². The summed E-state index contributed by atoms with van der Waals surface area (Å²) in [7, 11) is 0. The van der Waals surface area contributed by atoms with Crippen molar-refractivity contribution in [2.24, 2.45) is 11.7 Å². The number of rotatable bonds is 5. The van der Waals surface area contributed by atoms with Crippen LogP contribution in [0.15, 0.2) is 24.3 Å². The summed E-state index contributed by atoms with van der Waals surface area (Å²) < 4.78 is 0. The fourth-order valence-electron chi connectivity index (χ4n) is 2.49. The molecule has 1 aromatic carbocycles. The highest BCUT2D eigenvalue weighted by Gasteiger charge is 2.20. The molecule has 0 bridgehead atoms. The van der Waals surface area contributed by atoms with Gasteiger partial charge in [0.25, 0.3) is 0 Å². The van der Waals surface area contributed by atoms with Gasteiger partial charge in [-0.3, -0.25) is 0 Å². The smallest absolute Gasteiger partial charge is 0.0297 e. The molecule has 1 heteroatoms. The maximum atomic E-state index is 6.27. The van der Waals surface area contributed by atoms with Crippen molar-refractivity contribution >= 4 is 0 Å². The van der Waals surface area contributed by atoms with Crippen LogP contribution in [0.2, 0.25) is 0 Å². The highest BCUT2D eigenvalue weighted by atomic mass is 14.6. The molecule has 0 aromatic heterocycles. The summed E-state index contributed by atoms with van der Waals surface area (Å²) in [6, 6.07) is 9.10. The van der Waals surface area contributed by atoms with Gasteiger partial charge in [-0.15, -0.1) is 0 Å². The molecule has 1 nitrogen and oxygen atoms in total. The molecule has 16 heavy (non-hydrogen) atoms. The largest absolute Gasteiger partial charge is 0.324 e. The Kier molecular flexibility index (Phi) is 4.00. The lowest BCUT2D eigenvalue weighted by Crippen LogP contribution is -2.20. The Balaban J connectivity index is 1.97. The van der Waals surface area contributed by atoms with Crippen molar-refractivity contribution in [3.05, 3.63) is 35.4 Å². The highest BCUT2D eigenvalue weighted by Crippen LogP contribution is 2.33. The fraction of sp³-hybridized carbons (Fsp3) is 0.600. The van der Waals surface area contributed by atoms with Crippen LogP contribution >= 0.6 is 0 Å². The lowest BCUT2D eigenvalue weighted by atomic mass is 9.79. The second kappa shape index (κ2) is 5.49. The summed E-state index contributed by atoms with van der Waals surface area (Å²) in [6.07, 6.45) is 7.75. The van der Waals surface area contributed by atoms with E-state index in [0.29, 0.717) is 0 Å². The van der Waals surface area contributed by atoms with Gasteiger partial charge in [-0.2, -0.15) is 0 Å². The van der Waals surface area contributed by atoms with E-state index in [-0.39, 0.29) is 6.04 Å². The molecule has 0 aliphatic heterocycles. The molecule has 2 rings (SSSR count). The van der Waals surface area contributed by atoms with E-state index in [1.807, 2.05) is 0 Å². The third-order valence-corrected chi connectivity index (χ3v) is 3.73. The van der Waals surface area contributed by atoms with Crippen molar-refractivity contribution in [1.29, 1.82) is 0 Å². The average molecular weight is 217 g/mol. The van der Waals surface area contributed by atoms with Crippen molar-refractivity contribution in [2.45, 2.75) is 51.5 Å². The van der Waals surface area contributed by atoms with Crippen LogP contribution in [0.4, 0.5) is 0 Å². The van der Waals surface area contributed by atoms with Gasteiger partial charge in [0.05, 0.1) is 0 Å². The molecule has 1 aliphatic carbocycles. The second-order valence-corrected chi connectivity index (χ2v) is 5.13. The summed E-state index contributed by atoms with van der Waals surface area (Å²) in [5.74, 6) is 0.893. The monoisotopic (exact) mass is 217 g/mol. The summed E-state index contributed by atoms with van der Waals surface area (Å²) in [6.45, 7) is 2.22. The van der Waals surface area contributed by atoms with Crippen molar-refractivity contribution in [3.63, 3.8) is 0 Å². The van der Waals surface area contributed by atoms with Crippen LogP contribution in [0.1, 0.15) is 56.2 Å². The van der Waals surface area contributed by atoms with Gasteiger partial charge >= 0.3 is 0 Å². The molecule has 0 spiro atoms. The summed E-state index contributed by atoms with van der Waals surface area (Å²) in [5, 5.41) is 0. The first-order valence-electron chi connectivity index (χ1n) is 6.64. The first kappa shape index (κ1) is 11.7. The molecular formula is C15H23N.